The third kappa shape index (κ3) is 1.55. The largest absolute Gasteiger partial charge is 0.319 e. The van der Waals surface area contributed by atoms with E-state index in [4.69, 9.17) is 0 Å². The summed E-state index contributed by atoms with van der Waals surface area (Å²) in [5, 5.41) is 0. The fourth-order valence-electron chi connectivity index (χ4n) is 0.866. The van der Waals surface area contributed by atoms with E-state index >= 15 is 0 Å². The lowest BCUT2D eigenvalue weighted by molar-refractivity contribution is 0.111. The molecule has 0 aliphatic carbocycles. The number of carbonyl (C=O) groups is 1. The highest BCUT2D eigenvalue weighted by atomic mass is 16.1. The Morgan fingerprint density at radius 3 is 2.73 bits per heavy atom. The number of hydrogen-bond acceptors (Lipinski definition) is 2. The molecule has 0 amide bonds. The van der Waals surface area contributed by atoms with E-state index in [0.29, 0.717) is 24.0 Å². The van der Waals surface area contributed by atoms with Crippen LogP contribution in [-0.2, 0) is 6.42 Å². The number of H-pyrrole nitrogens is 1. The van der Waals surface area contributed by atoms with E-state index in [-0.39, 0.29) is 5.56 Å². The number of pyridine rings is 1. The maximum absolute atomic E-state index is 11.0. The molecule has 11 heavy (non-hydrogen) atoms. The second-order valence-corrected chi connectivity index (χ2v) is 2.24. The summed E-state index contributed by atoms with van der Waals surface area (Å²) in [5.74, 6) is 0. The van der Waals surface area contributed by atoms with Crippen LogP contribution in [0.5, 0.6) is 0 Å². The number of rotatable bonds is 2. The quantitative estimate of drug-likeness (QED) is 0.634. The number of carbonyl (C=O) groups excluding carboxylic acids is 1. The van der Waals surface area contributed by atoms with Crippen LogP contribution in [0.15, 0.2) is 16.9 Å². The molecule has 58 valence electrons. The Morgan fingerprint density at radius 1 is 1.55 bits per heavy atom. The minimum atomic E-state index is -0.169. The molecule has 0 fully saturated rings. The number of hydrogen-bond donors (Lipinski definition) is 1. The average Bonchev–Trinajstić information content (AvgIpc) is 2.04. The fourth-order valence-corrected chi connectivity index (χ4v) is 0.866. The zero-order chi connectivity index (χ0) is 8.27. The second kappa shape index (κ2) is 3.14. The Bertz CT molecular complexity index is 314. The molecule has 0 spiro atoms. The molecule has 0 unspecified atom stereocenters. The van der Waals surface area contributed by atoms with Crippen molar-refractivity contribution in [2.45, 2.75) is 13.3 Å². The number of aromatic nitrogens is 1. The topological polar surface area (TPSA) is 49.9 Å². The van der Waals surface area contributed by atoms with Crippen molar-refractivity contribution >= 4 is 6.29 Å². The van der Waals surface area contributed by atoms with Crippen molar-refractivity contribution in [1.82, 2.24) is 4.98 Å². The summed E-state index contributed by atoms with van der Waals surface area (Å²) in [5.41, 5.74) is 0.861. The van der Waals surface area contributed by atoms with Gasteiger partial charge in [0.05, 0.1) is 5.69 Å². The monoisotopic (exact) mass is 151 g/mol. The third-order valence-corrected chi connectivity index (χ3v) is 1.52. The molecule has 0 bridgehead atoms. The smallest absolute Gasteiger partial charge is 0.251 e. The normalized spacial score (nSPS) is 9.55. The summed E-state index contributed by atoms with van der Waals surface area (Å²) in [6.45, 7) is 1.89. The van der Waals surface area contributed by atoms with Gasteiger partial charge in [-0.3, -0.25) is 9.59 Å². The zero-order valence-corrected chi connectivity index (χ0v) is 6.26. The van der Waals surface area contributed by atoms with Crippen molar-refractivity contribution in [3.8, 4) is 0 Å². The van der Waals surface area contributed by atoms with E-state index in [0.717, 1.165) is 0 Å². The van der Waals surface area contributed by atoms with Crippen molar-refractivity contribution in [3.05, 3.63) is 33.7 Å². The van der Waals surface area contributed by atoms with Gasteiger partial charge in [0.15, 0.2) is 6.29 Å². The molecule has 0 saturated heterocycles. The molecule has 0 aliphatic rings. The number of aryl methyl sites for hydroxylation is 1. The van der Waals surface area contributed by atoms with Crippen LogP contribution in [0.3, 0.4) is 0 Å². The molecular weight excluding hydrogens is 142 g/mol. The van der Waals surface area contributed by atoms with Gasteiger partial charge >= 0.3 is 0 Å². The van der Waals surface area contributed by atoms with Crippen molar-refractivity contribution in [3.63, 3.8) is 0 Å². The molecule has 1 rings (SSSR count). The summed E-state index contributed by atoms with van der Waals surface area (Å²) in [7, 11) is 0. The van der Waals surface area contributed by atoms with Gasteiger partial charge in [0, 0.05) is 5.56 Å². The van der Waals surface area contributed by atoms with Gasteiger partial charge in [-0.25, -0.2) is 0 Å². The first-order valence-electron chi connectivity index (χ1n) is 3.45. The van der Waals surface area contributed by atoms with Crippen LogP contribution >= 0.6 is 0 Å². The fraction of sp³-hybridized carbons (Fsp3) is 0.250. The number of nitrogens with one attached hydrogen (secondary N) is 1. The summed E-state index contributed by atoms with van der Waals surface area (Å²) in [6.07, 6.45) is 1.31. The van der Waals surface area contributed by atoms with Gasteiger partial charge in [-0.05, 0) is 12.5 Å². The van der Waals surface area contributed by atoms with Gasteiger partial charge in [-0.1, -0.05) is 13.0 Å². The standard InChI is InChI=1S/C8H9NO2/c1-2-6-3-4-7(5-10)9-8(6)11/h3-5H,2H2,1H3,(H,9,11). The summed E-state index contributed by atoms with van der Waals surface area (Å²) in [6, 6.07) is 3.27. The van der Waals surface area contributed by atoms with E-state index in [2.05, 4.69) is 4.98 Å². The predicted molar refractivity (Wildman–Crippen MR) is 41.8 cm³/mol. The minimum absolute atomic E-state index is 0.169. The SMILES string of the molecule is CCc1ccc(C=O)[nH]c1=O. The minimum Gasteiger partial charge on any atom is -0.319 e. The third-order valence-electron chi connectivity index (χ3n) is 1.52. The molecule has 1 aromatic rings. The van der Waals surface area contributed by atoms with Crippen molar-refractivity contribution < 1.29 is 4.79 Å². The van der Waals surface area contributed by atoms with Crippen LogP contribution in [0.25, 0.3) is 0 Å². The predicted octanol–water partition coefficient (Wildman–Crippen LogP) is 0.750. The van der Waals surface area contributed by atoms with Crippen LogP contribution < -0.4 is 5.56 Å². The van der Waals surface area contributed by atoms with Crippen molar-refractivity contribution in [2.75, 3.05) is 0 Å². The summed E-state index contributed by atoms with van der Waals surface area (Å²) < 4.78 is 0. The zero-order valence-electron chi connectivity index (χ0n) is 6.26. The van der Waals surface area contributed by atoms with E-state index in [1.54, 1.807) is 12.1 Å². The van der Waals surface area contributed by atoms with E-state index in [1.165, 1.54) is 0 Å². The highest BCUT2D eigenvalue weighted by Crippen LogP contribution is 1.92. The molecule has 3 heteroatoms. The van der Waals surface area contributed by atoms with Crippen molar-refractivity contribution in [1.29, 1.82) is 0 Å². The van der Waals surface area contributed by atoms with Crippen LogP contribution in [0.1, 0.15) is 23.0 Å². The van der Waals surface area contributed by atoms with Crippen LogP contribution in [0, 0.1) is 0 Å². The Hall–Kier alpha value is -1.38. The molecule has 0 atom stereocenters. The van der Waals surface area contributed by atoms with Gasteiger partial charge in [-0.2, -0.15) is 0 Å². The molecular formula is C8H9NO2. The first-order valence-corrected chi connectivity index (χ1v) is 3.45. The molecule has 1 N–H and O–H groups in total. The highest BCUT2D eigenvalue weighted by Gasteiger charge is 1.96. The van der Waals surface area contributed by atoms with Crippen LogP contribution in [0.2, 0.25) is 0 Å². The average molecular weight is 151 g/mol. The molecule has 0 aliphatic heterocycles. The van der Waals surface area contributed by atoms with Gasteiger partial charge in [-0.15, -0.1) is 0 Å². The first kappa shape index (κ1) is 7.72. The van der Waals surface area contributed by atoms with E-state index in [9.17, 15) is 9.59 Å². The van der Waals surface area contributed by atoms with E-state index in [1.807, 2.05) is 6.92 Å². The van der Waals surface area contributed by atoms with Gasteiger partial charge in [0.25, 0.3) is 5.56 Å². The Labute approximate surface area is 64.1 Å². The molecule has 0 radical (unpaired) electrons. The van der Waals surface area contributed by atoms with Gasteiger partial charge < -0.3 is 4.98 Å². The van der Waals surface area contributed by atoms with Crippen LogP contribution in [0.4, 0.5) is 0 Å². The molecule has 3 nitrogen and oxygen atoms in total. The molecule has 0 aromatic carbocycles. The molecule has 0 saturated carbocycles. The second-order valence-electron chi connectivity index (χ2n) is 2.24. The lowest BCUT2D eigenvalue weighted by Crippen LogP contribution is -2.12. The summed E-state index contributed by atoms with van der Waals surface area (Å²) >= 11 is 0. The maximum atomic E-state index is 11.0. The molecule has 1 aromatic heterocycles. The highest BCUT2D eigenvalue weighted by molar-refractivity contribution is 5.71. The molecule has 1 heterocycles. The first-order chi connectivity index (χ1) is 5.27. The number of aromatic amines is 1. The lowest BCUT2D eigenvalue weighted by Gasteiger charge is -1.94. The van der Waals surface area contributed by atoms with Crippen LogP contribution in [-0.4, -0.2) is 11.3 Å². The lowest BCUT2D eigenvalue weighted by atomic mass is 10.2. The Balaban J connectivity index is 3.20. The Morgan fingerprint density at radius 2 is 2.27 bits per heavy atom. The number of aldehydes is 1. The van der Waals surface area contributed by atoms with Gasteiger partial charge in [0.1, 0.15) is 0 Å². The van der Waals surface area contributed by atoms with Gasteiger partial charge in [0.2, 0.25) is 0 Å². The maximum Gasteiger partial charge on any atom is 0.251 e. The van der Waals surface area contributed by atoms with Crippen molar-refractivity contribution in [2.24, 2.45) is 0 Å². The van der Waals surface area contributed by atoms with E-state index < -0.39 is 0 Å². The Kier molecular flexibility index (Phi) is 2.21. The summed E-state index contributed by atoms with van der Waals surface area (Å²) in [4.78, 5) is 23.7.